The van der Waals surface area contributed by atoms with E-state index in [0.717, 1.165) is 22.3 Å². The Kier molecular flexibility index (Phi) is 3.71. The summed E-state index contributed by atoms with van der Waals surface area (Å²) in [6.45, 7) is 0. The van der Waals surface area contributed by atoms with Gasteiger partial charge in [0.05, 0.1) is 12.4 Å². The predicted octanol–water partition coefficient (Wildman–Crippen LogP) is 4.66. The fourth-order valence-electron chi connectivity index (χ4n) is 3.05. The number of halogens is 1. The molecule has 0 radical (unpaired) electrons. The maximum atomic E-state index is 13.4. The number of H-pyrrole nitrogens is 1. The molecule has 0 aliphatic heterocycles. The Morgan fingerprint density at radius 2 is 1.75 bits per heavy atom. The molecule has 0 bridgehead atoms. The van der Waals surface area contributed by atoms with E-state index in [9.17, 15) is 4.39 Å². The zero-order chi connectivity index (χ0) is 16.4. The van der Waals surface area contributed by atoms with Gasteiger partial charge in [0.15, 0.2) is 0 Å². The average molecular weight is 317 g/mol. The van der Waals surface area contributed by atoms with Crippen molar-refractivity contribution in [1.82, 2.24) is 14.5 Å². The minimum atomic E-state index is -0.236. The molecule has 4 heteroatoms. The van der Waals surface area contributed by atoms with Crippen molar-refractivity contribution in [2.75, 3.05) is 0 Å². The van der Waals surface area contributed by atoms with Crippen LogP contribution in [-0.2, 0) is 0 Å². The minimum Gasteiger partial charge on any atom is -0.367 e. The molecule has 0 aliphatic rings. The Balaban J connectivity index is 1.87. The average Bonchev–Trinajstić information content (AvgIpc) is 3.30. The van der Waals surface area contributed by atoms with E-state index < -0.39 is 0 Å². The second-order valence-corrected chi connectivity index (χ2v) is 5.65. The topological polar surface area (TPSA) is 33.6 Å². The van der Waals surface area contributed by atoms with E-state index in [4.69, 9.17) is 0 Å². The van der Waals surface area contributed by atoms with E-state index in [1.165, 1.54) is 12.1 Å². The summed E-state index contributed by atoms with van der Waals surface area (Å²) in [6.07, 6.45) is 9.46. The molecule has 0 aliphatic carbocycles. The Morgan fingerprint density at radius 1 is 0.958 bits per heavy atom. The Morgan fingerprint density at radius 3 is 2.46 bits per heavy atom. The van der Waals surface area contributed by atoms with Gasteiger partial charge in [-0.15, -0.1) is 0 Å². The second kappa shape index (κ2) is 6.16. The van der Waals surface area contributed by atoms with Gasteiger partial charge in [-0.05, 0) is 23.3 Å². The highest BCUT2D eigenvalue weighted by Gasteiger charge is 2.20. The first-order chi connectivity index (χ1) is 11.8. The number of imidazole rings is 1. The van der Waals surface area contributed by atoms with E-state index in [1.807, 2.05) is 53.5 Å². The molecular weight excluding hydrogens is 301 g/mol. The molecule has 4 aromatic rings. The van der Waals surface area contributed by atoms with Gasteiger partial charge >= 0.3 is 0 Å². The van der Waals surface area contributed by atoms with Crippen LogP contribution in [0.2, 0.25) is 0 Å². The number of aromatic amines is 1. The monoisotopic (exact) mass is 317 g/mol. The van der Waals surface area contributed by atoms with Crippen molar-refractivity contribution in [3.63, 3.8) is 0 Å². The summed E-state index contributed by atoms with van der Waals surface area (Å²) in [5.74, 6) is -0.236. The number of hydrogen-bond donors (Lipinski definition) is 1. The molecule has 0 unspecified atom stereocenters. The maximum Gasteiger partial charge on any atom is 0.123 e. The summed E-state index contributed by atoms with van der Waals surface area (Å²) in [4.78, 5) is 7.39. The van der Waals surface area contributed by atoms with Crippen LogP contribution < -0.4 is 0 Å². The van der Waals surface area contributed by atoms with Gasteiger partial charge in [0, 0.05) is 35.9 Å². The number of aromatic nitrogens is 3. The fraction of sp³-hybridized carbons (Fsp3) is 0.0500. The largest absolute Gasteiger partial charge is 0.367 e. The summed E-state index contributed by atoms with van der Waals surface area (Å²) in [7, 11) is 0. The van der Waals surface area contributed by atoms with Gasteiger partial charge in [-0.1, -0.05) is 42.5 Å². The van der Waals surface area contributed by atoms with E-state index in [1.54, 1.807) is 12.5 Å². The van der Waals surface area contributed by atoms with E-state index in [-0.39, 0.29) is 11.9 Å². The van der Waals surface area contributed by atoms with Crippen molar-refractivity contribution in [3.8, 4) is 11.1 Å². The normalized spacial score (nSPS) is 12.2. The standard InChI is InChI=1S/C20H16FN3/c21-17-8-6-16(7-9-17)20(24-11-10-22-14-24)19-13-23-12-18(19)15-4-2-1-3-5-15/h1-14,20,23H/t20-/m1/s1. The van der Waals surface area contributed by atoms with Crippen LogP contribution in [-0.4, -0.2) is 14.5 Å². The SMILES string of the molecule is Fc1ccc([C@H](c2c[nH]cc2-c2ccccc2)n2ccnc2)cc1. The molecule has 1 N–H and O–H groups in total. The highest BCUT2D eigenvalue weighted by atomic mass is 19.1. The molecule has 2 heterocycles. The van der Waals surface area contributed by atoms with Crippen molar-refractivity contribution in [3.05, 3.63) is 103 Å². The van der Waals surface area contributed by atoms with Crippen LogP contribution >= 0.6 is 0 Å². The van der Waals surface area contributed by atoms with Gasteiger partial charge in [-0.2, -0.15) is 0 Å². The van der Waals surface area contributed by atoms with E-state index >= 15 is 0 Å². The van der Waals surface area contributed by atoms with Crippen molar-refractivity contribution in [2.45, 2.75) is 6.04 Å². The number of rotatable bonds is 4. The van der Waals surface area contributed by atoms with Crippen molar-refractivity contribution < 1.29 is 4.39 Å². The second-order valence-electron chi connectivity index (χ2n) is 5.65. The molecule has 4 rings (SSSR count). The number of benzene rings is 2. The molecule has 0 amide bonds. The predicted molar refractivity (Wildman–Crippen MR) is 92.1 cm³/mol. The van der Waals surface area contributed by atoms with Gasteiger partial charge in [-0.25, -0.2) is 9.37 Å². The van der Waals surface area contributed by atoms with Crippen LogP contribution in [0, 0.1) is 5.82 Å². The fourth-order valence-corrected chi connectivity index (χ4v) is 3.05. The van der Waals surface area contributed by atoms with Gasteiger partial charge in [0.1, 0.15) is 5.82 Å². The highest BCUT2D eigenvalue weighted by Crippen LogP contribution is 2.34. The third-order valence-electron chi connectivity index (χ3n) is 4.17. The third kappa shape index (κ3) is 2.63. The zero-order valence-corrected chi connectivity index (χ0v) is 12.9. The van der Waals surface area contributed by atoms with Gasteiger partial charge in [0.2, 0.25) is 0 Å². The Labute approximate surface area is 139 Å². The molecule has 0 saturated heterocycles. The first kappa shape index (κ1) is 14.5. The molecule has 24 heavy (non-hydrogen) atoms. The molecule has 0 spiro atoms. The first-order valence-electron chi connectivity index (χ1n) is 7.78. The van der Waals surface area contributed by atoms with E-state index in [2.05, 4.69) is 22.1 Å². The van der Waals surface area contributed by atoms with Crippen molar-refractivity contribution >= 4 is 0 Å². The van der Waals surface area contributed by atoms with Crippen LogP contribution in [0.1, 0.15) is 17.2 Å². The highest BCUT2D eigenvalue weighted by molar-refractivity contribution is 5.68. The lowest BCUT2D eigenvalue weighted by Gasteiger charge is -2.20. The number of nitrogens with zero attached hydrogens (tertiary/aromatic N) is 2. The van der Waals surface area contributed by atoms with Crippen LogP contribution in [0.15, 0.2) is 85.7 Å². The molecular formula is C20H16FN3. The lowest BCUT2D eigenvalue weighted by molar-refractivity contribution is 0.622. The van der Waals surface area contributed by atoms with Crippen LogP contribution in [0.25, 0.3) is 11.1 Å². The molecule has 0 fully saturated rings. The smallest absolute Gasteiger partial charge is 0.123 e. The van der Waals surface area contributed by atoms with Gasteiger partial charge < -0.3 is 9.55 Å². The Bertz CT molecular complexity index is 909. The summed E-state index contributed by atoms with van der Waals surface area (Å²) >= 11 is 0. The zero-order valence-electron chi connectivity index (χ0n) is 12.9. The number of nitrogens with one attached hydrogen (secondary N) is 1. The lowest BCUT2D eigenvalue weighted by Crippen LogP contribution is -2.11. The summed E-state index contributed by atoms with van der Waals surface area (Å²) < 4.78 is 15.4. The van der Waals surface area contributed by atoms with Crippen molar-refractivity contribution in [2.24, 2.45) is 0 Å². The van der Waals surface area contributed by atoms with Crippen LogP contribution in [0.3, 0.4) is 0 Å². The number of hydrogen-bond acceptors (Lipinski definition) is 1. The molecule has 118 valence electrons. The van der Waals surface area contributed by atoms with Gasteiger partial charge in [0.25, 0.3) is 0 Å². The van der Waals surface area contributed by atoms with Crippen molar-refractivity contribution in [1.29, 1.82) is 0 Å². The van der Waals surface area contributed by atoms with E-state index in [0.29, 0.717) is 0 Å². The van der Waals surface area contributed by atoms with Crippen LogP contribution in [0.4, 0.5) is 4.39 Å². The minimum absolute atomic E-state index is 0.0745. The molecule has 1 atom stereocenters. The molecule has 2 aromatic heterocycles. The molecule has 3 nitrogen and oxygen atoms in total. The van der Waals surface area contributed by atoms with Gasteiger partial charge in [-0.3, -0.25) is 0 Å². The Hall–Kier alpha value is -3.14. The lowest BCUT2D eigenvalue weighted by atomic mass is 9.94. The quantitative estimate of drug-likeness (QED) is 0.584. The maximum absolute atomic E-state index is 13.4. The summed E-state index contributed by atoms with van der Waals surface area (Å²) in [5, 5.41) is 0. The summed E-state index contributed by atoms with van der Waals surface area (Å²) in [5.41, 5.74) is 4.39. The summed E-state index contributed by atoms with van der Waals surface area (Å²) in [6, 6.07) is 16.8. The van der Waals surface area contributed by atoms with Crippen LogP contribution in [0.5, 0.6) is 0 Å². The first-order valence-corrected chi connectivity index (χ1v) is 7.78. The molecule has 0 saturated carbocycles. The molecule has 2 aromatic carbocycles. The third-order valence-corrected chi connectivity index (χ3v) is 4.17.